The number of rotatable bonds is 5. The van der Waals surface area contributed by atoms with Crippen LogP contribution in [-0.2, 0) is 14.4 Å². The lowest BCUT2D eigenvalue weighted by molar-refractivity contribution is -0.384. The monoisotopic (exact) mass is 504 g/mol. The lowest BCUT2D eigenvalue weighted by Crippen LogP contribution is -2.50. The Morgan fingerprint density at radius 2 is 1.69 bits per heavy atom. The number of carbonyl (C=O) groups is 4. The van der Waals surface area contributed by atoms with Crippen LogP contribution in [0.2, 0.25) is 0 Å². The second-order valence-corrected chi connectivity index (χ2v) is 9.68. The van der Waals surface area contributed by atoms with E-state index in [2.05, 4.69) is 0 Å². The van der Waals surface area contributed by atoms with Crippen molar-refractivity contribution in [3.8, 4) is 0 Å². The standard InChI is InChI=1S/C25H20N4O6S/c1-13-7-9-14(10-8-13)20-18-19(21(22(26)30)28(20)23(31)17-6-3-11-36-17)25(33)27(24(18)32)15-4-2-5-16(12-15)29(34)35/h2-12,18-21H,1H3,(H2,26,30). The number of benzene rings is 2. The van der Waals surface area contributed by atoms with Crippen LogP contribution in [0.25, 0.3) is 0 Å². The van der Waals surface area contributed by atoms with Crippen molar-refractivity contribution in [2.75, 3.05) is 4.90 Å². The van der Waals surface area contributed by atoms with Gasteiger partial charge in [-0.25, -0.2) is 4.90 Å². The molecule has 5 rings (SSSR count). The van der Waals surface area contributed by atoms with Gasteiger partial charge in [-0.05, 0) is 30.0 Å². The number of hydrogen-bond donors (Lipinski definition) is 1. The van der Waals surface area contributed by atoms with Crippen LogP contribution >= 0.6 is 11.3 Å². The zero-order valence-corrected chi connectivity index (χ0v) is 19.8. The second kappa shape index (κ2) is 8.68. The van der Waals surface area contributed by atoms with E-state index in [4.69, 9.17) is 5.73 Å². The minimum absolute atomic E-state index is 0.0237. The number of nitrogens with two attached hydrogens (primary N) is 1. The number of carbonyl (C=O) groups excluding carboxylic acids is 4. The maximum absolute atomic E-state index is 13.8. The average Bonchev–Trinajstić information content (AvgIpc) is 3.56. The number of primary amides is 1. The SMILES string of the molecule is Cc1ccc(C2C3C(=O)N(c4cccc([N+](=O)[O-])c4)C(=O)C3C(C(N)=O)N2C(=O)c2cccs2)cc1. The molecule has 4 atom stereocenters. The molecule has 0 spiro atoms. The predicted octanol–water partition coefficient (Wildman–Crippen LogP) is 2.82. The van der Waals surface area contributed by atoms with Crippen molar-refractivity contribution < 1.29 is 24.1 Å². The first kappa shape index (κ1) is 23.4. The third kappa shape index (κ3) is 3.55. The number of hydrogen-bond acceptors (Lipinski definition) is 7. The summed E-state index contributed by atoms with van der Waals surface area (Å²) in [4.78, 5) is 67.0. The van der Waals surface area contributed by atoms with Crippen molar-refractivity contribution in [3.63, 3.8) is 0 Å². The molecule has 182 valence electrons. The highest BCUT2D eigenvalue weighted by atomic mass is 32.1. The lowest BCUT2D eigenvalue weighted by Gasteiger charge is -2.32. The molecule has 0 saturated carbocycles. The van der Waals surface area contributed by atoms with Crippen LogP contribution in [0.4, 0.5) is 11.4 Å². The highest BCUT2D eigenvalue weighted by Crippen LogP contribution is 2.51. The molecule has 3 heterocycles. The van der Waals surface area contributed by atoms with Gasteiger partial charge < -0.3 is 10.6 Å². The van der Waals surface area contributed by atoms with Crippen LogP contribution in [0.15, 0.2) is 66.0 Å². The summed E-state index contributed by atoms with van der Waals surface area (Å²) >= 11 is 1.18. The van der Waals surface area contributed by atoms with Crippen LogP contribution in [0, 0.1) is 28.9 Å². The predicted molar refractivity (Wildman–Crippen MR) is 130 cm³/mol. The fraction of sp³-hybridized carbons (Fsp3) is 0.200. The second-order valence-electron chi connectivity index (χ2n) is 8.73. The van der Waals surface area contributed by atoms with Gasteiger partial charge >= 0.3 is 0 Å². The fourth-order valence-corrected chi connectivity index (χ4v) is 5.79. The van der Waals surface area contributed by atoms with Crippen LogP contribution in [0.1, 0.15) is 26.8 Å². The van der Waals surface area contributed by atoms with Crippen LogP contribution in [0.5, 0.6) is 0 Å². The minimum atomic E-state index is -1.38. The molecule has 0 aliphatic carbocycles. The molecule has 2 aliphatic rings. The minimum Gasteiger partial charge on any atom is -0.368 e. The Morgan fingerprint density at radius 1 is 1.00 bits per heavy atom. The van der Waals surface area contributed by atoms with Crippen molar-refractivity contribution >= 4 is 46.3 Å². The third-order valence-electron chi connectivity index (χ3n) is 6.65. The molecule has 2 aliphatic heterocycles. The first-order valence-corrected chi connectivity index (χ1v) is 11.9. The summed E-state index contributed by atoms with van der Waals surface area (Å²) in [7, 11) is 0. The van der Waals surface area contributed by atoms with E-state index in [0.717, 1.165) is 16.5 Å². The lowest BCUT2D eigenvalue weighted by atomic mass is 9.86. The number of nitro benzene ring substituents is 1. The molecule has 0 radical (unpaired) electrons. The topological polar surface area (TPSA) is 144 Å². The number of amides is 4. The molecule has 4 unspecified atom stereocenters. The van der Waals surface area contributed by atoms with Gasteiger partial charge in [0.2, 0.25) is 17.7 Å². The number of non-ortho nitro benzene ring substituents is 1. The maximum Gasteiger partial charge on any atom is 0.271 e. The summed E-state index contributed by atoms with van der Waals surface area (Å²) < 4.78 is 0. The summed E-state index contributed by atoms with van der Waals surface area (Å²) in [6, 6.07) is 13.3. The van der Waals surface area contributed by atoms with Gasteiger partial charge in [0.1, 0.15) is 6.04 Å². The Hall–Kier alpha value is -4.38. The number of aryl methyl sites for hydroxylation is 1. The summed E-state index contributed by atoms with van der Waals surface area (Å²) in [5.74, 6) is -5.12. The molecule has 0 bridgehead atoms. The van der Waals surface area contributed by atoms with E-state index in [1.54, 1.807) is 29.6 Å². The maximum atomic E-state index is 13.8. The number of anilines is 1. The average molecular weight is 505 g/mol. The van der Waals surface area contributed by atoms with Gasteiger partial charge in [0.05, 0.1) is 33.4 Å². The normalized spacial score (nSPS) is 23.1. The van der Waals surface area contributed by atoms with Gasteiger partial charge in [0, 0.05) is 12.1 Å². The Labute approximate surface area is 209 Å². The van der Waals surface area contributed by atoms with Gasteiger partial charge in [0.15, 0.2) is 0 Å². The number of fused-ring (bicyclic) bond motifs is 1. The van der Waals surface area contributed by atoms with Crippen molar-refractivity contribution in [1.82, 2.24) is 4.90 Å². The summed E-state index contributed by atoms with van der Waals surface area (Å²) in [5, 5.41) is 13.0. The van der Waals surface area contributed by atoms with E-state index in [-0.39, 0.29) is 11.4 Å². The molecule has 4 amide bonds. The molecular formula is C25H20N4O6S. The van der Waals surface area contributed by atoms with Gasteiger partial charge in [-0.15, -0.1) is 11.3 Å². The third-order valence-corrected chi connectivity index (χ3v) is 7.51. The highest BCUT2D eigenvalue weighted by Gasteiger charge is 2.65. The number of nitro groups is 1. The summed E-state index contributed by atoms with van der Waals surface area (Å²) in [6.45, 7) is 1.89. The van der Waals surface area contributed by atoms with Gasteiger partial charge in [-0.2, -0.15) is 0 Å². The molecule has 2 fully saturated rings. The van der Waals surface area contributed by atoms with Crippen molar-refractivity contribution in [2.24, 2.45) is 17.6 Å². The van der Waals surface area contributed by atoms with Crippen molar-refractivity contribution in [2.45, 2.75) is 19.0 Å². The number of likely N-dealkylation sites (tertiary alicyclic amines) is 1. The van der Waals surface area contributed by atoms with E-state index in [9.17, 15) is 29.3 Å². The quantitative estimate of drug-likeness (QED) is 0.321. The van der Waals surface area contributed by atoms with E-state index < -0.39 is 52.5 Å². The number of thiophene rings is 1. The Kier molecular flexibility index (Phi) is 5.64. The molecule has 36 heavy (non-hydrogen) atoms. The van der Waals surface area contributed by atoms with E-state index in [0.29, 0.717) is 10.4 Å². The summed E-state index contributed by atoms with van der Waals surface area (Å²) in [5.41, 5.74) is 7.01. The Morgan fingerprint density at radius 3 is 2.31 bits per heavy atom. The Balaban J connectivity index is 1.66. The zero-order valence-electron chi connectivity index (χ0n) is 18.9. The fourth-order valence-electron chi connectivity index (χ4n) is 5.12. The molecule has 2 saturated heterocycles. The van der Waals surface area contributed by atoms with Gasteiger partial charge in [-0.3, -0.25) is 29.3 Å². The van der Waals surface area contributed by atoms with Gasteiger partial charge in [0.25, 0.3) is 11.6 Å². The molecule has 2 aromatic carbocycles. The smallest absolute Gasteiger partial charge is 0.271 e. The molecule has 10 nitrogen and oxygen atoms in total. The number of imide groups is 1. The first-order chi connectivity index (χ1) is 17.2. The molecule has 2 N–H and O–H groups in total. The summed E-state index contributed by atoms with van der Waals surface area (Å²) in [6.07, 6.45) is 0. The molecule has 11 heteroatoms. The zero-order chi connectivity index (χ0) is 25.7. The van der Waals surface area contributed by atoms with Crippen LogP contribution in [0.3, 0.4) is 0 Å². The Bertz CT molecular complexity index is 1400. The first-order valence-electron chi connectivity index (χ1n) is 11.0. The molecular weight excluding hydrogens is 484 g/mol. The van der Waals surface area contributed by atoms with Crippen molar-refractivity contribution in [1.29, 1.82) is 0 Å². The highest BCUT2D eigenvalue weighted by molar-refractivity contribution is 7.12. The van der Waals surface area contributed by atoms with Crippen molar-refractivity contribution in [3.05, 3.63) is 92.2 Å². The largest absolute Gasteiger partial charge is 0.368 e. The van der Waals surface area contributed by atoms with E-state index in [1.165, 1.54) is 34.4 Å². The van der Waals surface area contributed by atoms with Gasteiger partial charge in [-0.1, -0.05) is 42.0 Å². The van der Waals surface area contributed by atoms with Crippen LogP contribution in [-0.4, -0.2) is 39.5 Å². The molecule has 1 aromatic heterocycles. The number of nitrogens with zero attached hydrogens (tertiary/aromatic N) is 3. The van der Waals surface area contributed by atoms with E-state index >= 15 is 0 Å². The molecule has 3 aromatic rings. The van der Waals surface area contributed by atoms with Crippen LogP contribution < -0.4 is 10.6 Å². The van der Waals surface area contributed by atoms with E-state index in [1.807, 2.05) is 19.1 Å².